The number of hydrogen-bond acceptors (Lipinski definition) is 4. The van der Waals surface area contributed by atoms with Crippen molar-refractivity contribution in [3.8, 4) is 0 Å². The molecule has 0 bridgehead atoms. The Morgan fingerprint density at radius 2 is 1.81 bits per heavy atom. The average molecular weight is 364 g/mol. The molecule has 4 rings (SSSR count). The summed E-state index contributed by atoms with van der Waals surface area (Å²) in [5.41, 5.74) is 1.95. The molecule has 0 N–H and O–H groups in total. The fourth-order valence-corrected chi connectivity index (χ4v) is 3.62. The number of methoxy groups -OCH3 is 1. The van der Waals surface area contributed by atoms with E-state index >= 15 is 0 Å². The Bertz CT molecular complexity index is 910. The Hall–Kier alpha value is -2.99. The van der Waals surface area contributed by atoms with Crippen molar-refractivity contribution in [2.45, 2.75) is 19.1 Å². The number of imide groups is 1. The molecular weight excluding hydrogens is 344 g/mol. The predicted molar refractivity (Wildman–Crippen MR) is 98.4 cm³/mol. The molecule has 0 saturated carbocycles. The number of rotatable bonds is 4. The average Bonchev–Trinajstić information content (AvgIpc) is 3.27. The number of benzene rings is 2. The van der Waals surface area contributed by atoms with Gasteiger partial charge >= 0.3 is 0 Å². The van der Waals surface area contributed by atoms with Crippen LogP contribution in [-0.2, 0) is 11.3 Å². The maximum absolute atomic E-state index is 12.8. The van der Waals surface area contributed by atoms with E-state index in [1.807, 2.05) is 30.3 Å². The monoisotopic (exact) mass is 364 g/mol. The van der Waals surface area contributed by atoms with E-state index in [1.54, 1.807) is 30.2 Å². The smallest absolute Gasteiger partial charge is 0.261 e. The van der Waals surface area contributed by atoms with Gasteiger partial charge in [-0.3, -0.25) is 19.3 Å². The highest BCUT2D eigenvalue weighted by molar-refractivity contribution is 6.22. The summed E-state index contributed by atoms with van der Waals surface area (Å²) >= 11 is 0. The van der Waals surface area contributed by atoms with Crippen molar-refractivity contribution >= 4 is 17.7 Å². The molecule has 3 amide bonds. The molecule has 0 aromatic heterocycles. The van der Waals surface area contributed by atoms with Crippen LogP contribution < -0.4 is 0 Å². The standard InChI is InChI=1S/C21H20N2O4/c1-27-16-9-10-22(13-16)19(24)15-7-8-17-18(11-15)21(26)23(20(17)25)12-14-5-3-2-4-6-14/h2-8,11,16H,9-10,12-13H2,1H3. The number of hydrogen-bond donors (Lipinski definition) is 0. The van der Waals surface area contributed by atoms with Crippen molar-refractivity contribution in [3.63, 3.8) is 0 Å². The lowest BCUT2D eigenvalue weighted by molar-refractivity contribution is 0.0642. The van der Waals surface area contributed by atoms with Crippen molar-refractivity contribution in [1.82, 2.24) is 9.80 Å². The zero-order valence-electron chi connectivity index (χ0n) is 15.1. The van der Waals surface area contributed by atoms with Crippen molar-refractivity contribution in [1.29, 1.82) is 0 Å². The fraction of sp³-hybridized carbons (Fsp3) is 0.286. The third-order valence-electron chi connectivity index (χ3n) is 5.17. The lowest BCUT2D eigenvalue weighted by Gasteiger charge is -2.16. The fourth-order valence-electron chi connectivity index (χ4n) is 3.62. The second kappa shape index (κ2) is 6.96. The molecule has 2 aliphatic rings. The summed E-state index contributed by atoms with van der Waals surface area (Å²) in [7, 11) is 1.64. The number of carbonyl (C=O) groups excluding carboxylic acids is 3. The largest absolute Gasteiger partial charge is 0.380 e. The Kier molecular flexibility index (Phi) is 4.49. The van der Waals surface area contributed by atoms with Gasteiger partial charge in [-0.15, -0.1) is 0 Å². The van der Waals surface area contributed by atoms with Gasteiger partial charge in [0, 0.05) is 25.8 Å². The Labute approximate surface area is 157 Å². The van der Waals surface area contributed by atoms with Gasteiger partial charge in [0.25, 0.3) is 17.7 Å². The van der Waals surface area contributed by atoms with Crippen LogP contribution in [0.2, 0.25) is 0 Å². The summed E-state index contributed by atoms with van der Waals surface area (Å²) in [5.74, 6) is -0.817. The number of carbonyl (C=O) groups is 3. The van der Waals surface area contributed by atoms with Crippen molar-refractivity contribution < 1.29 is 19.1 Å². The van der Waals surface area contributed by atoms with E-state index in [4.69, 9.17) is 4.74 Å². The van der Waals surface area contributed by atoms with Crippen molar-refractivity contribution in [3.05, 3.63) is 70.8 Å². The first-order valence-electron chi connectivity index (χ1n) is 8.94. The summed E-state index contributed by atoms with van der Waals surface area (Å²) in [6, 6.07) is 14.1. The van der Waals surface area contributed by atoms with Crippen LogP contribution in [0.4, 0.5) is 0 Å². The van der Waals surface area contributed by atoms with Crippen LogP contribution in [-0.4, -0.2) is 53.8 Å². The number of fused-ring (bicyclic) bond motifs is 1. The molecule has 0 radical (unpaired) electrons. The molecule has 6 heteroatoms. The lowest BCUT2D eigenvalue weighted by atomic mass is 10.0. The lowest BCUT2D eigenvalue weighted by Crippen LogP contribution is -2.30. The van der Waals surface area contributed by atoms with E-state index in [0.29, 0.717) is 29.8 Å². The molecule has 2 heterocycles. The van der Waals surface area contributed by atoms with Gasteiger partial charge in [0.15, 0.2) is 0 Å². The molecule has 0 aliphatic carbocycles. The predicted octanol–water partition coefficient (Wildman–Crippen LogP) is 2.34. The van der Waals surface area contributed by atoms with Gasteiger partial charge in [-0.25, -0.2) is 0 Å². The third kappa shape index (κ3) is 3.13. The molecule has 2 aromatic carbocycles. The first-order valence-corrected chi connectivity index (χ1v) is 8.94. The molecule has 0 spiro atoms. The third-order valence-corrected chi connectivity index (χ3v) is 5.17. The number of ether oxygens (including phenoxy) is 1. The van der Waals surface area contributed by atoms with Gasteiger partial charge in [0.05, 0.1) is 23.8 Å². The first kappa shape index (κ1) is 17.4. The topological polar surface area (TPSA) is 66.9 Å². The van der Waals surface area contributed by atoms with E-state index in [2.05, 4.69) is 0 Å². The molecule has 1 fully saturated rings. The minimum atomic E-state index is -0.357. The van der Waals surface area contributed by atoms with E-state index in [1.165, 1.54) is 4.90 Å². The van der Waals surface area contributed by atoms with Gasteiger partial charge in [-0.2, -0.15) is 0 Å². The summed E-state index contributed by atoms with van der Waals surface area (Å²) in [4.78, 5) is 41.1. The Morgan fingerprint density at radius 3 is 2.52 bits per heavy atom. The molecule has 138 valence electrons. The molecule has 1 unspecified atom stereocenters. The van der Waals surface area contributed by atoms with Gasteiger partial charge in [0.2, 0.25) is 0 Å². The number of likely N-dealkylation sites (tertiary alicyclic amines) is 1. The van der Waals surface area contributed by atoms with E-state index in [9.17, 15) is 14.4 Å². The van der Waals surface area contributed by atoms with E-state index in [0.717, 1.165) is 12.0 Å². The Balaban J connectivity index is 1.56. The number of amides is 3. The van der Waals surface area contributed by atoms with E-state index < -0.39 is 0 Å². The summed E-state index contributed by atoms with van der Waals surface area (Å²) in [6.07, 6.45) is 0.850. The number of nitrogens with zero attached hydrogens (tertiary/aromatic N) is 2. The zero-order valence-corrected chi connectivity index (χ0v) is 15.1. The maximum Gasteiger partial charge on any atom is 0.261 e. The summed E-state index contributed by atoms with van der Waals surface area (Å²) < 4.78 is 5.30. The van der Waals surface area contributed by atoms with Crippen molar-refractivity contribution in [2.24, 2.45) is 0 Å². The highest BCUT2D eigenvalue weighted by Gasteiger charge is 2.36. The molecule has 1 saturated heterocycles. The van der Waals surface area contributed by atoms with Crippen LogP contribution in [0.3, 0.4) is 0 Å². The quantitative estimate of drug-likeness (QED) is 0.781. The summed E-state index contributed by atoms with van der Waals surface area (Å²) in [6.45, 7) is 1.39. The zero-order chi connectivity index (χ0) is 19.0. The second-order valence-corrected chi connectivity index (χ2v) is 6.84. The molecule has 27 heavy (non-hydrogen) atoms. The minimum Gasteiger partial charge on any atom is -0.380 e. The van der Waals surface area contributed by atoms with Gasteiger partial charge in [0.1, 0.15) is 0 Å². The first-order chi connectivity index (χ1) is 13.1. The van der Waals surface area contributed by atoms with Crippen molar-refractivity contribution in [2.75, 3.05) is 20.2 Å². The Morgan fingerprint density at radius 1 is 1.07 bits per heavy atom. The van der Waals surface area contributed by atoms with E-state index in [-0.39, 0.29) is 30.4 Å². The van der Waals surface area contributed by atoms with Gasteiger partial charge < -0.3 is 9.64 Å². The van der Waals surface area contributed by atoms with Gasteiger partial charge in [-0.1, -0.05) is 30.3 Å². The van der Waals surface area contributed by atoms with Crippen LogP contribution in [0.25, 0.3) is 0 Å². The van der Waals surface area contributed by atoms with Crippen LogP contribution in [0, 0.1) is 0 Å². The van der Waals surface area contributed by atoms with Crippen LogP contribution in [0.15, 0.2) is 48.5 Å². The van der Waals surface area contributed by atoms with Gasteiger partial charge in [-0.05, 0) is 30.2 Å². The van der Waals surface area contributed by atoms with Crippen LogP contribution in [0.1, 0.15) is 43.1 Å². The minimum absolute atomic E-state index is 0.0490. The normalized spacial score (nSPS) is 18.9. The SMILES string of the molecule is COC1CCN(C(=O)c2ccc3c(c2)C(=O)N(Cc2ccccc2)C3=O)C1. The second-order valence-electron chi connectivity index (χ2n) is 6.84. The molecule has 1 atom stereocenters. The molecular formula is C21H20N2O4. The molecule has 2 aliphatic heterocycles. The van der Waals surface area contributed by atoms with Crippen LogP contribution >= 0.6 is 0 Å². The highest BCUT2D eigenvalue weighted by Crippen LogP contribution is 2.26. The molecule has 6 nitrogen and oxygen atoms in total. The van der Waals surface area contributed by atoms with Crippen LogP contribution in [0.5, 0.6) is 0 Å². The maximum atomic E-state index is 12.8. The summed E-state index contributed by atoms with van der Waals surface area (Å²) in [5, 5.41) is 0. The highest BCUT2D eigenvalue weighted by atomic mass is 16.5. The molecule has 2 aromatic rings.